The molecule has 1 N–H and O–H groups in total. The van der Waals surface area contributed by atoms with Gasteiger partial charge < -0.3 is 14.8 Å². The molecule has 0 fully saturated rings. The molecule has 0 bridgehead atoms. The van der Waals surface area contributed by atoms with Crippen molar-refractivity contribution >= 4 is 5.91 Å². The third-order valence-corrected chi connectivity index (χ3v) is 4.09. The minimum Gasteiger partial charge on any atom is -0.375 e. The van der Waals surface area contributed by atoms with Gasteiger partial charge >= 0.3 is 0 Å². The van der Waals surface area contributed by atoms with E-state index in [2.05, 4.69) is 74.6 Å². The lowest BCUT2D eigenvalue weighted by molar-refractivity contribution is -0.121. The van der Waals surface area contributed by atoms with E-state index in [1.807, 2.05) is 0 Å². The molecule has 0 aliphatic heterocycles. The molecule has 0 atom stereocenters. The monoisotopic (exact) mass is 357 g/mol. The summed E-state index contributed by atoms with van der Waals surface area (Å²) in [4.78, 5) is 11.4. The quantitative estimate of drug-likeness (QED) is 0.560. The van der Waals surface area contributed by atoms with Crippen LogP contribution in [0.1, 0.15) is 95.4 Å². The Morgan fingerprint density at radius 2 is 1.44 bits per heavy atom. The van der Waals surface area contributed by atoms with Crippen molar-refractivity contribution in [1.82, 2.24) is 5.32 Å². The SMILES string of the molecule is CC(=O)NC(C)(C)CC(C)(C)CC(C)(C)OCCC(C)(C)OC(C)C. The number of carbonyl (C=O) groups is 1. The van der Waals surface area contributed by atoms with Gasteiger partial charge in [-0.3, -0.25) is 4.79 Å². The molecule has 0 aromatic carbocycles. The lowest BCUT2D eigenvalue weighted by Gasteiger charge is -2.40. The second-order valence-corrected chi connectivity index (χ2v) is 10.4. The van der Waals surface area contributed by atoms with Gasteiger partial charge in [-0.2, -0.15) is 0 Å². The second kappa shape index (κ2) is 8.85. The van der Waals surface area contributed by atoms with Crippen molar-refractivity contribution in [2.45, 2.75) is 118 Å². The highest BCUT2D eigenvalue weighted by atomic mass is 16.5. The van der Waals surface area contributed by atoms with E-state index in [0.29, 0.717) is 6.61 Å². The largest absolute Gasteiger partial charge is 0.375 e. The molecule has 0 heterocycles. The highest BCUT2D eigenvalue weighted by Crippen LogP contribution is 2.37. The van der Waals surface area contributed by atoms with Crippen molar-refractivity contribution in [3.05, 3.63) is 0 Å². The molecule has 0 saturated carbocycles. The summed E-state index contributed by atoms with van der Waals surface area (Å²) in [6.45, 7) is 23.5. The topological polar surface area (TPSA) is 47.6 Å². The minimum absolute atomic E-state index is 0.0173. The van der Waals surface area contributed by atoms with Crippen LogP contribution in [-0.4, -0.2) is 35.4 Å². The average Bonchev–Trinajstić information content (AvgIpc) is 2.18. The summed E-state index contributed by atoms with van der Waals surface area (Å²) in [7, 11) is 0. The van der Waals surface area contributed by atoms with Crippen LogP contribution in [0, 0.1) is 5.41 Å². The van der Waals surface area contributed by atoms with Crippen LogP contribution in [0.3, 0.4) is 0 Å². The predicted octanol–water partition coefficient (Wildman–Crippen LogP) is 5.10. The molecular formula is C21H43NO3. The lowest BCUT2D eigenvalue weighted by Crippen LogP contribution is -2.46. The van der Waals surface area contributed by atoms with E-state index < -0.39 is 0 Å². The smallest absolute Gasteiger partial charge is 0.217 e. The van der Waals surface area contributed by atoms with Crippen LogP contribution >= 0.6 is 0 Å². The standard InChI is InChI=1S/C21H43NO3/c1-16(2)25-20(8,9)12-13-24-21(10,11)15-18(4,5)14-19(6,7)22-17(3)23/h16H,12-15H2,1-11H3,(H,22,23). The van der Waals surface area contributed by atoms with Crippen molar-refractivity contribution in [3.63, 3.8) is 0 Å². The van der Waals surface area contributed by atoms with Gasteiger partial charge in [0.15, 0.2) is 0 Å². The van der Waals surface area contributed by atoms with E-state index in [1.165, 1.54) is 0 Å². The molecule has 4 heteroatoms. The maximum absolute atomic E-state index is 11.4. The molecule has 0 saturated heterocycles. The van der Waals surface area contributed by atoms with Gasteiger partial charge in [0, 0.05) is 12.5 Å². The number of ether oxygens (including phenoxy) is 2. The van der Waals surface area contributed by atoms with Crippen LogP contribution in [-0.2, 0) is 14.3 Å². The molecule has 150 valence electrons. The van der Waals surface area contributed by atoms with Crippen LogP contribution in [0.2, 0.25) is 0 Å². The Morgan fingerprint density at radius 3 is 1.88 bits per heavy atom. The Labute approximate surface area is 156 Å². The first-order valence-corrected chi connectivity index (χ1v) is 9.56. The molecule has 0 aromatic heterocycles. The molecule has 0 aliphatic carbocycles. The fraction of sp³-hybridized carbons (Fsp3) is 0.952. The molecule has 0 aromatic rings. The van der Waals surface area contributed by atoms with Gasteiger partial charge in [-0.25, -0.2) is 0 Å². The van der Waals surface area contributed by atoms with Gasteiger partial charge in [-0.05, 0) is 80.1 Å². The van der Waals surface area contributed by atoms with Crippen molar-refractivity contribution in [2.24, 2.45) is 5.41 Å². The molecule has 0 unspecified atom stereocenters. The van der Waals surface area contributed by atoms with Gasteiger partial charge in [-0.1, -0.05) is 13.8 Å². The predicted molar refractivity (Wildman–Crippen MR) is 106 cm³/mol. The molecule has 1 amide bonds. The number of nitrogens with one attached hydrogen (secondary N) is 1. The Balaban J connectivity index is 4.60. The van der Waals surface area contributed by atoms with E-state index in [0.717, 1.165) is 19.3 Å². The molecule has 0 radical (unpaired) electrons. The Hall–Kier alpha value is -0.610. The highest BCUT2D eigenvalue weighted by Gasteiger charge is 2.35. The maximum Gasteiger partial charge on any atom is 0.217 e. The molecule has 4 nitrogen and oxygen atoms in total. The zero-order valence-electron chi connectivity index (χ0n) is 18.6. The van der Waals surface area contributed by atoms with Gasteiger partial charge in [-0.15, -0.1) is 0 Å². The maximum atomic E-state index is 11.4. The number of amides is 1. The molecule has 0 rings (SSSR count). The Morgan fingerprint density at radius 1 is 0.920 bits per heavy atom. The van der Waals surface area contributed by atoms with Crippen LogP contribution in [0.25, 0.3) is 0 Å². The summed E-state index contributed by atoms with van der Waals surface area (Å²) in [6, 6.07) is 0. The van der Waals surface area contributed by atoms with E-state index in [-0.39, 0.29) is 34.2 Å². The average molecular weight is 358 g/mol. The lowest BCUT2D eigenvalue weighted by atomic mass is 9.73. The zero-order valence-corrected chi connectivity index (χ0v) is 18.6. The highest BCUT2D eigenvalue weighted by molar-refractivity contribution is 5.73. The molecule has 0 aliphatic rings. The van der Waals surface area contributed by atoms with Crippen LogP contribution in [0.15, 0.2) is 0 Å². The van der Waals surface area contributed by atoms with E-state index >= 15 is 0 Å². The van der Waals surface area contributed by atoms with Crippen LogP contribution in [0.4, 0.5) is 0 Å². The summed E-state index contributed by atoms with van der Waals surface area (Å²) < 4.78 is 12.1. The van der Waals surface area contributed by atoms with Gasteiger partial charge in [0.25, 0.3) is 0 Å². The summed E-state index contributed by atoms with van der Waals surface area (Å²) in [5.41, 5.74) is -0.561. The second-order valence-electron chi connectivity index (χ2n) is 10.4. The molecular weight excluding hydrogens is 314 g/mol. The van der Waals surface area contributed by atoms with Gasteiger partial charge in [0.1, 0.15) is 0 Å². The molecule has 0 spiro atoms. The van der Waals surface area contributed by atoms with Crippen molar-refractivity contribution in [1.29, 1.82) is 0 Å². The number of rotatable bonds is 11. The summed E-state index contributed by atoms with van der Waals surface area (Å²) in [6.07, 6.45) is 2.91. The van der Waals surface area contributed by atoms with Gasteiger partial charge in [0.2, 0.25) is 5.91 Å². The van der Waals surface area contributed by atoms with Crippen molar-refractivity contribution < 1.29 is 14.3 Å². The fourth-order valence-electron chi connectivity index (χ4n) is 4.25. The van der Waals surface area contributed by atoms with Crippen LogP contribution < -0.4 is 5.32 Å². The zero-order chi connectivity index (χ0) is 20.1. The third kappa shape index (κ3) is 12.4. The Bertz CT molecular complexity index is 423. The van der Waals surface area contributed by atoms with E-state index in [4.69, 9.17) is 9.47 Å². The first kappa shape index (κ1) is 24.4. The fourth-order valence-corrected chi connectivity index (χ4v) is 4.25. The first-order chi connectivity index (χ1) is 11.0. The van der Waals surface area contributed by atoms with E-state index in [1.54, 1.807) is 6.92 Å². The normalized spacial score (nSPS) is 14.1. The van der Waals surface area contributed by atoms with Crippen molar-refractivity contribution in [2.75, 3.05) is 6.61 Å². The van der Waals surface area contributed by atoms with Crippen LogP contribution in [0.5, 0.6) is 0 Å². The molecule has 25 heavy (non-hydrogen) atoms. The summed E-state index contributed by atoms with van der Waals surface area (Å²) >= 11 is 0. The van der Waals surface area contributed by atoms with Crippen molar-refractivity contribution in [3.8, 4) is 0 Å². The minimum atomic E-state index is -0.224. The van der Waals surface area contributed by atoms with Gasteiger partial charge in [0.05, 0.1) is 23.9 Å². The summed E-state index contributed by atoms with van der Waals surface area (Å²) in [5.74, 6) is 0.0173. The summed E-state index contributed by atoms with van der Waals surface area (Å²) in [5, 5.41) is 3.05. The van der Waals surface area contributed by atoms with E-state index in [9.17, 15) is 4.79 Å². The first-order valence-electron chi connectivity index (χ1n) is 9.56. The Kier molecular flexibility index (Phi) is 8.64. The number of carbonyl (C=O) groups excluding carboxylic acids is 1. The number of hydrogen-bond donors (Lipinski definition) is 1. The number of hydrogen-bond acceptors (Lipinski definition) is 3. The third-order valence-electron chi connectivity index (χ3n) is 4.09.